The number of hydrogen-bond acceptors (Lipinski definition) is 5. The minimum atomic E-state index is -0.228. The molecule has 0 saturated carbocycles. The molecule has 1 aromatic carbocycles. The molecule has 2 aliphatic heterocycles. The predicted molar refractivity (Wildman–Crippen MR) is 132 cm³/mol. The average Bonchev–Trinajstić information content (AvgIpc) is 3.27. The van der Waals surface area contributed by atoms with E-state index in [1.807, 2.05) is 0 Å². The van der Waals surface area contributed by atoms with Crippen LogP contribution in [-0.2, 0) is 11.3 Å². The molecule has 1 aromatic heterocycles. The Labute approximate surface area is 202 Å². The van der Waals surface area contributed by atoms with Gasteiger partial charge in [-0.1, -0.05) is 13.8 Å². The second-order valence-corrected chi connectivity index (χ2v) is 10.5. The maximum absolute atomic E-state index is 13.5. The van der Waals surface area contributed by atoms with Gasteiger partial charge in [0.05, 0.1) is 5.69 Å². The zero-order valence-electron chi connectivity index (χ0n) is 20.9. The number of oxazole rings is 1. The quantitative estimate of drug-likeness (QED) is 0.576. The summed E-state index contributed by atoms with van der Waals surface area (Å²) >= 11 is 0. The first-order valence-electron chi connectivity index (χ1n) is 12.8. The minimum absolute atomic E-state index is 0.0985. The summed E-state index contributed by atoms with van der Waals surface area (Å²) < 4.78 is 19.1. The van der Waals surface area contributed by atoms with Crippen molar-refractivity contribution in [3.05, 3.63) is 41.5 Å². The summed E-state index contributed by atoms with van der Waals surface area (Å²) in [6, 6.07) is 4.89. The van der Waals surface area contributed by atoms with E-state index in [0.29, 0.717) is 18.0 Å². The van der Waals surface area contributed by atoms with Crippen LogP contribution in [0.3, 0.4) is 0 Å². The molecule has 2 aromatic rings. The number of hydrogen-bond donors (Lipinski definition) is 1. The van der Waals surface area contributed by atoms with Crippen LogP contribution in [0.2, 0.25) is 0 Å². The van der Waals surface area contributed by atoms with E-state index < -0.39 is 0 Å². The lowest BCUT2D eigenvalue weighted by Crippen LogP contribution is -2.42. The standard InChI is InChI=1S/C27H39FN4O2/c1-19-13-20(2)16-32(15-19)10-4-9-29-26(33)22-7-11-31(12-8-22)17-24-18-34-27(30-24)23-5-6-25(28)21(3)14-23/h5-6,14,18-20,22H,4,7-13,15-17H2,1-3H3,(H,29,33)/t19-,20+. The van der Waals surface area contributed by atoms with Crippen LogP contribution in [-0.4, -0.2) is 60.0 Å². The maximum Gasteiger partial charge on any atom is 0.226 e. The van der Waals surface area contributed by atoms with Crippen molar-refractivity contribution < 1.29 is 13.6 Å². The zero-order valence-corrected chi connectivity index (χ0v) is 20.9. The lowest BCUT2D eigenvalue weighted by Gasteiger charge is -2.35. The van der Waals surface area contributed by atoms with Crippen molar-refractivity contribution in [3.8, 4) is 11.5 Å². The topological polar surface area (TPSA) is 61.6 Å². The molecule has 4 rings (SSSR count). The molecule has 1 N–H and O–H groups in total. The highest BCUT2D eigenvalue weighted by molar-refractivity contribution is 5.78. The van der Waals surface area contributed by atoms with Gasteiger partial charge in [0, 0.05) is 37.7 Å². The number of carbonyl (C=O) groups excluding carboxylic acids is 1. The van der Waals surface area contributed by atoms with Gasteiger partial charge >= 0.3 is 0 Å². The van der Waals surface area contributed by atoms with Crippen LogP contribution in [0.1, 0.15) is 50.8 Å². The van der Waals surface area contributed by atoms with E-state index >= 15 is 0 Å². The van der Waals surface area contributed by atoms with Crippen molar-refractivity contribution in [3.63, 3.8) is 0 Å². The molecule has 0 bridgehead atoms. The highest BCUT2D eigenvalue weighted by Crippen LogP contribution is 2.24. The highest BCUT2D eigenvalue weighted by atomic mass is 19.1. The number of aromatic nitrogens is 1. The van der Waals surface area contributed by atoms with Crippen molar-refractivity contribution in [2.24, 2.45) is 17.8 Å². The largest absolute Gasteiger partial charge is 0.444 e. The molecule has 2 saturated heterocycles. The summed E-state index contributed by atoms with van der Waals surface area (Å²) in [5.41, 5.74) is 2.22. The van der Waals surface area contributed by atoms with E-state index in [0.717, 1.165) is 68.5 Å². The van der Waals surface area contributed by atoms with E-state index in [1.165, 1.54) is 25.6 Å². The molecule has 0 unspecified atom stereocenters. The zero-order chi connectivity index (χ0) is 24.1. The monoisotopic (exact) mass is 470 g/mol. The normalized spacial score (nSPS) is 22.7. The van der Waals surface area contributed by atoms with Crippen molar-refractivity contribution in [2.45, 2.75) is 53.0 Å². The highest BCUT2D eigenvalue weighted by Gasteiger charge is 2.26. The fourth-order valence-electron chi connectivity index (χ4n) is 5.51. The van der Waals surface area contributed by atoms with Crippen LogP contribution in [0.4, 0.5) is 4.39 Å². The van der Waals surface area contributed by atoms with Crippen molar-refractivity contribution in [1.29, 1.82) is 0 Å². The first kappa shape index (κ1) is 24.9. The molecule has 3 heterocycles. The number of benzene rings is 1. The number of halogens is 1. The summed E-state index contributed by atoms with van der Waals surface area (Å²) in [7, 11) is 0. The van der Waals surface area contributed by atoms with Crippen molar-refractivity contribution >= 4 is 5.91 Å². The van der Waals surface area contributed by atoms with Crippen molar-refractivity contribution in [1.82, 2.24) is 20.1 Å². The molecule has 34 heavy (non-hydrogen) atoms. The van der Waals surface area contributed by atoms with E-state index in [-0.39, 0.29) is 17.6 Å². The second kappa shape index (κ2) is 11.5. The van der Waals surface area contributed by atoms with E-state index in [9.17, 15) is 9.18 Å². The minimum Gasteiger partial charge on any atom is -0.444 e. The first-order valence-corrected chi connectivity index (χ1v) is 12.8. The van der Waals surface area contributed by atoms with Crippen LogP contribution in [0.25, 0.3) is 11.5 Å². The van der Waals surface area contributed by atoms with Gasteiger partial charge in [0.1, 0.15) is 12.1 Å². The smallest absolute Gasteiger partial charge is 0.226 e. The third-order valence-electron chi connectivity index (χ3n) is 7.20. The van der Waals surface area contributed by atoms with Gasteiger partial charge in [-0.3, -0.25) is 9.69 Å². The van der Waals surface area contributed by atoms with Crippen LogP contribution >= 0.6 is 0 Å². The Morgan fingerprint density at radius 2 is 1.91 bits per heavy atom. The molecule has 6 nitrogen and oxygen atoms in total. The average molecular weight is 471 g/mol. The molecule has 2 aliphatic rings. The molecule has 2 fully saturated rings. The third-order valence-corrected chi connectivity index (χ3v) is 7.20. The van der Waals surface area contributed by atoms with Gasteiger partial charge in [-0.05, 0) is 87.8 Å². The summed E-state index contributed by atoms with van der Waals surface area (Å²) in [4.78, 5) is 22.1. The molecule has 1 amide bonds. The third kappa shape index (κ3) is 6.66. The Morgan fingerprint density at radius 3 is 2.62 bits per heavy atom. The molecule has 0 radical (unpaired) electrons. The Hall–Kier alpha value is -2.25. The van der Waals surface area contributed by atoms with E-state index in [4.69, 9.17) is 4.42 Å². The fraction of sp³-hybridized carbons (Fsp3) is 0.630. The lowest BCUT2D eigenvalue weighted by atomic mass is 9.92. The maximum atomic E-state index is 13.5. The van der Waals surface area contributed by atoms with Gasteiger partial charge in [-0.25, -0.2) is 9.37 Å². The number of likely N-dealkylation sites (tertiary alicyclic amines) is 2. The number of piperidine rings is 2. The SMILES string of the molecule is Cc1cc(-c2nc(CN3CCC(C(=O)NCCCN4C[C@H](C)C[C@H](C)C4)CC3)co2)ccc1F. The Kier molecular flexibility index (Phi) is 8.37. The predicted octanol–water partition coefficient (Wildman–Crippen LogP) is 4.49. The Balaban J connectivity index is 1.15. The van der Waals surface area contributed by atoms with Gasteiger partial charge < -0.3 is 14.6 Å². The first-order chi connectivity index (χ1) is 16.4. The number of nitrogens with zero attached hydrogens (tertiary/aromatic N) is 3. The lowest BCUT2D eigenvalue weighted by molar-refractivity contribution is -0.126. The van der Waals surface area contributed by atoms with Gasteiger partial charge in [0.25, 0.3) is 0 Å². The van der Waals surface area contributed by atoms with Gasteiger partial charge in [-0.2, -0.15) is 0 Å². The summed E-state index contributed by atoms with van der Waals surface area (Å²) in [6.07, 6.45) is 5.77. The van der Waals surface area contributed by atoms with E-state index in [2.05, 4.69) is 33.9 Å². The number of nitrogens with one attached hydrogen (secondary N) is 1. The number of aryl methyl sites for hydroxylation is 1. The Bertz CT molecular complexity index is 944. The van der Waals surface area contributed by atoms with Crippen LogP contribution in [0, 0.1) is 30.5 Å². The molecule has 186 valence electrons. The fourth-order valence-corrected chi connectivity index (χ4v) is 5.51. The number of amides is 1. The Morgan fingerprint density at radius 1 is 1.18 bits per heavy atom. The van der Waals surface area contributed by atoms with Crippen LogP contribution in [0.15, 0.2) is 28.9 Å². The molecule has 2 atom stereocenters. The van der Waals surface area contributed by atoms with Crippen LogP contribution < -0.4 is 5.32 Å². The molecule has 7 heteroatoms. The summed E-state index contributed by atoms with van der Waals surface area (Å²) in [5.74, 6) is 2.14. The van der Waals surface area contributed by atoms with Gasteiger partial charge in [0.15, 0.2) is 0 Å². The second-order valence-electron chi connectivity index (χ2n) is 10.5. The number of rotatable bonds is 8. The van der Waals surface area contributed by atoms with Crippen LogP contribution in [0.5, 0.6) is 0 Å². The summed E-state index contributed by atoms with van der Waals surface area (Å²) in [5, 5.41) is 3.17. The van der Waals surface area contributed by atoms with Gasteiger partial charge in [0.2, 0.25) is 11.8 Å². The molecular weight excluding hydrogens is 431 g/mol. The molecular formula is C27H39FN4O2. The molecule has 0 spiro atoms. The van der Waals surface area contributed by atoms with E-state index in [1.54, 1.807) is 25.3 Å². The molecule has 0 aliphatic carbocycles. The summed E-state index contributed by atoms with van der Waals surface area (Å²) in [6.45, 7) is 13.1. The van der Waals surface area contributed by atoms with Crippen molar-refractivity contribution in [2.75, 3.05) is 39.3 Å². The van der Waals surface area contributed by atoms with Gasteiger partial charge in [-0.15, -0.1) is 0 Å². The number of carbonyl (C=O) groups is 1.